The summed E-state index contributed by atoms with van der Waals surface area (Å²) >= 11 is 1.78. The maximum Gasteiger partial charge on any atom is 0.307 e. The molecule has 1 heterocycles. The van der Waals surface area contributed by atoms with Crippen LogP contribution in [0.2, 0.25) is 0 Å². The number of carboxylic acid groups (broad SMARTS) is 1. The Balaban J connectivity index is 1.96. The molecule has 2 nitrogen and oxygen atoms in total. The summed E-state index contributed by atoms with van der Waals surface area (Å²) in [4.78, 5) is 11.0. The Morgan fingerprint density at radius 2 is 2.00 bits per heavy atom. The lowest BCUT2D eigenvalue weighted by atomic mass is 9.88. The topological polar surface area (TPSA) is 37.3 Å². The normalized spacial score (nSPS) is 14.2. The van der Waals surface area contributed by atoms with Crippen LogP contribution >= 0.6 is 11.3 Å². The number of hydrogen-bond donors (Lipinski definition) is 1. The molecule has 0 aliphatic heterocycles. The number of carbonyl (C=O) groups is 1. The fourth-order valence-electron chi connectivity index (χ4n) is 3.16. The fourth-order valence-corrected chi connectivity index (χ4v) is 4.29. The van der Waals surface area contributed by atoms with Gasteiger partial charge in [0, 0.05) is 20.2 Å². The van der Waals surface area contributed by atoms with Crippen LogP contribution in [-0.2, 0) is 11.2 Å². The molecule has 2 aromatic carbocycles. The first-order chi connectivity index (χ1) is 10.2. The molecule has 0 spiro atoms. The third-order valence-corrected chi connectivity index (χ3v) is 5.23. The maximum atomic E-state index is 11.0. The van der Waals surface area contributed by atoms with E-state index in [1.807, 2.05) is 0 Å². The molecule has 21 heavy (non-hydrogen) atoms. The summed E-state index contributed by atoms with van der Waals surface area (Å²) in [5, 5.41) is 11.7. The minimum absolute atomic E-state index is 0.114. The summed E-state index contributed by atoms with van der Waals surface area (Å²) in [6.07, 6.45) is 4.13. The van der Waals surface area contributed by atoms with Gasteiger partial charge in [0.25, 0.3) is 0 Å². The van der Waals surface area contributed by atoms with Crippen LogP contribution in [0.3, 0.4) is 0 Å². The van der Waals surface area contributed by atoms with Crippen molar-refractivity contribution in [2.75, 3.05) is 0 Å². The van der Waals surface area contributed by atoms with E-state index in [1.165, 1.54) is 25.7 Å². The van der Waals surface area contributed by atoms with E-state index in [0.717, 1.165) is 24.0 Å². The zero-order valence-corrected chi connectivity index (χ0v) is 12.2. The maximum absolute atomic E-state index is 11.0. The van der Waals surface area contributed by atoms with Crippen molar-refractivity contribution in [3.05, 3.63) is 53.6 Å². The molecule has 0 amide bonds. The van der Waals surface area contributed by atoms with Crippen LogP contribution in [0.15, 0.2) is 42.5 Å². The van der Waals surface area contributed by atoms with Crippen molar-refractivity contribution in [2.24, 2.45) is 0 Å². The number of aliphatic carboxylic acids is 1. The predicted molar refractivity (Wildman–Crippen MR) is 87.9 cm³/mol. The number of carboxylic acids is 1. The second-order valence-corrected chi connectivity index (χ2v) is 6.53. The lowest BCUT2D eigenvalue weighted by Crippen LogP contribution is -2.04. The molecule has 0 radical (unpaired) electrons. The van der Waals surface area contributed by atoms with E-state index >= 15 is 0 Å². The molecule has 3 heteroatoms. The molecule has 1 aromatic heterocycles. The van der Waals surface area contributed by atoms with Gasteiger partial charge in [-0.15, -0.1) is 11.3 Å². The van der Waals surface area contributed by atoms with E-state index in [-0.39, 0.29) is 6.42 Å². The van der Waals surface area contributed by atoms with Gasteiger partial charge in [-0.3, -0.25) is 4.79 Å². The zero-order chi connectivity index (χ0) is 14.4. The Morgan fingerprint density at radius 3 is 2.86 bits per heavy atom. The quantitative estimate of drug-likeness (QED) is 0.733. The number of benzene rings is 2. The van der Waals surface area contributed by atoms with Crippen molar-refractivity contribution in [1.29, 1.82) is 0 Å². The van der Waals surface area contributed by atoms with Gasteiger partial charge in [0.2, 0.25) is 0 Å². The SMILES string of the molecule is O=C(O)CC1=CCCc2cc3c(cc21)sc1ccccc13. The van der Waals surface area contributed by atoms with E-state index in [4.69, 9.17) is 5.11 Å². The first-order valence-corrected chi connectivity index (χ1v) is 7.89. The average Bonchev–Trinajstić information content (AvgIpc) is 2.83. The van der Waals surface area contributed by atoms with E-state index in [0.29, 0.717) is 0 Å². The predicted octanol–water partition coefficient (Wildman–Crippen LogP) is 4.86. The van der Waals surface area contributed by atoms with Gasteiger partial charge in [0.05, 0.1) is 6.42 Å². The molecule has 3 aromatic rings. The van der Waals surface area contributed by atoms with Gasteiger partial charge >= 0.3 is 5.97 Å². The Morgan fingerprint density at radius 1 is 1.14 bits per heavy atom. The molecule has 4 rings (SSSR count). The molecular weight excluding hydrogens is 280 g/mol. The number of allylic oxidation sites excluding steroid dienone is 1. The van der Waals surface area contributed by atoms with Crippen LogP contribution in [0, 0.1) is 0 Å². The van der Waals surface area contributed by atoms with Gasteiger partial charge in [-0.25, -0.2) is 0 Å². The molecule has 0 saturated heterocycles. The summed E-state index contributed by atoms with van der Waals surface area (Å²) < 4.78 is 2.53. The largest absolute Gasteiger partial charge is 0.481 e. The molecule has 0 fully saturated rings. The molecule has 0 bridgehead atoms. The summed E-state index contributed by atoms with van der Waals surface area (Å²) in [6.45, 7) is 0. The average molecular weight is 294 g/mol. The van der Waals surface area contributed by atoms with Gasteiger partial charge in [0.1, 0.15) is 0 Å². The van der Waals surface area contributed by atoms with Crippen LogP contribution in [0.1, 0.15) is 24.0 Å². The Bertz CT molecular complexity index is 902. The molecule has 0 saturated carbocycles. The molecule has 1 aliphatic rings. The van der Waals surface area contributed by atoms with Gasteiger partial charge in [0.15, 0.2) is 0 Å². The summed E-state index contributed by atoms with van der Waals surface area (Å²) in [5.74, 6) is -0.759. The molecular formula is C18H14O2S. The number of hydrogen-bond acceptors (Lipinski definition) is 2. The van der Waals surface area contributed by atoms with Crippen LogP contribution in [0.4, 0.5) is 0 Å². The standard InChI is InChI=1S/C18H14O2S/c19-18(20)9-12-5-3-4-11-8-15-13-6-1-2-7-16(13)21-17(15)10-14(11)12/h1-2,5-8,10H,3-4,9H2,(H,19,20). The Kier molecular flexibility index (Phi) is 2.82. The van der Waals surface area contributed by atoms with Crippen molar-refractivity contribution < 1.29 is 9.90 Å². The van der Waals surface area contributed by atoms with Crippen molar-refractivity contribution in [3.8, 4) is 0 Å². The highest BCUT2D eigenvalue weighted by Crippen LogP contribution is 2.39. The minimum atomic E-state index is -0.759. The highest BCUT2D eigenvalue weighted by Gasteiger charge is 2.17. The van der Waals surface area contributed by atoms with Crippen LogP contribution in [0.5, 0.6) is 0 Å². The first-order valence-electron chi connectivity index (χ1n) is 7.08. The fraction of sp³-hybridized carbons (Fsp3) is 0.167. The first kappa shape index (κ1) is 12.6. The number of rotatable bonds is 2. The van der Waals surface area contributed by atoms with Crippen molar-refractivity contribution in [2.45, 2.75) is 19.3 Å². The van der Waals surface area contributed by atoms with Crippen LogP contribution in [-0.4, -0.2) is 11.1 Å². The lowest BCUT2D eigenvalue weighted by molar-refractivity contribution is -0.135. The van der Waals surface area contributed by atoms with E-state index < -0.39 is 5.97 Å². The monoisotopic (exact) mass is 294 g/mol. The third-order valence-electron chi connectivity index (χ3n) is 4.09. The summed E-state index contributed by atoms with van der Waals surface area (Å²) in [7, 11) is 0. The van der Waals surface area contributed by atoms with Gasteiger partial charge in [-0.2, -0.15) is 0 Å². The summed E-state index contributed by atoms with van der Waals surface area (Å²) in [6, 6.07) is 12.9. The van der Waals surface area contributed by atoms with Gasteiger partial charge in [-0.05, 0) is 47.7 Å². The second-order valence-electron chi connectivity index (χ2n) is 5.44. The molecule has 1 N–H and O–H groups in total. The smallest absolute Gasteiger partial charge is 0.307 e. The molecule has 1 aliphatic carbocycles. The number of fused-ring (bicyclic) bond motifs is 4. The van der Waals surface area contributed by atoms with Crippen LogP contribution < -0.4 is 0 Å². The highest BCUT2D eigenvalue weighted by atomic mass is 32.1. The Hall–Kier alpha value is -2.13. The van der Waals surface area contributed by atoms with E-state index in [1.54, 1.807) is 11.3 Å². The van der Waals surface area contributed by atoms with Crippen molar-refractivity contribution in [1.82, 2.24) is 0 Å². The molecule has 0 unspecified atom stereocenters. The third kappa shape index (κ3) is 2.05. The van der Waals surface area contributed by atoms with Gasteiger partial charge < -0.3 is 5.11 Å². The second kappa shape index (κ2) is 4.71. The number of thiophene rings is 1. The van der Waals surface area contributed by atoms with Crippen LogP contribution in [0.25, 0.3) is 25.7 Å². The lowest BCUT2D eigenvalue weighted by Gasteiger charge is -2.17. The Labute approximate surface area is 126 Å². The minimum Gasteiger partial charge on any atom is -0.481 e. The highest BCUT2D eigenvalue weighted by molar-refractivity contribution is 7.25. The van der Waals surface area contributed by atoms with E-state index in [2.05, 4.69) is 42.5 Å². The van der Waals surface area contributed by atoms with Crippen molar-refractivity contribution >= 4 is 43.1 Å². The molecule has 0 atom stereocenters. The van der Waals surface area contributed by atoms with Crippen molar-refractivity contribution in [3.63, 3.8) is 0 Å². The van der Waals surface area contributed by atoms with Gasteiger partial charge in [-0.1, -0.05) is 24.3 Å². The van der Waals surface area contributed by atoms with E-state index in [9.17, 15) is 4.79 Å². The summed E-state index contributed by atoms with van der Waals surface area (Å²) in [5.41, 5.74) is 3.37. The molecule has 104 valence electrons. The zero-order valence-electron chi connectivity index (χ0n) is 11.4. The number of aryl methyl sites for hydroxylation is 1.